The fraction of sp³-hybridized carbons (Fsp3) is 0.125. The maximum absolute atomic E-state index is 11.4. The quantitative estimate of drug-likeness (QED) is 0.735. The zero-order valence-corrected chi connectivity index (χ0v) is 10.2. The number of Topliss-reactive ketones (excluding diaryl/α,β-unsaturated/α-hetero) is 1. The van der Waals surface area contributed by atoms with Crippen LogP contribution in [0.5, 0.6) is 0 Å². The van der Waals surface area contributed by atoms with E-state index in [0.717, 1.165) is 28.0 Å². The van der Waals surface area contributed by atoms with E-state index in [9.17, 15) is 4.79 Å². The molecule has 0 radical (unpaired) electrons. The van der Waals surface area contributed by atoms with Crippen LogP contribution in [0.15, 0.2) is 53.5 Å². The van der Waals surface area contributed by atoms with Gasteiger partial charge in [0.1, 0.15) is 0 Å². The minimum atomic E-state index is 0.103. The van der Waals surface area contributed by atoms with Crippen molar-refractivity contribution in [3.05, 3.63) is 70.8 Å². The molecule has 88 valence electrons. The third kappa shape index (κ3) is 1.76. The van der Waals surface area contributed by atoms with Crippen LogP contribution in [0.1, 0.15) is 34.0 Å². The molecule has 2 heteroatoms. The Morgan fingerprint density at radius 1 is 1.11 bits per heavy atom. The number of fused-ring (bicyclic) bond motifs is 1. The molecule has 0 bridgehead atoms. The van der Waals surface area contributed by atoms with Crippen LogP contribution in [0.2, 0.25) is 0 Å². The summed E-state index contributed by atoms with van der Waals surface area (Å²) in [6.45, 7) is 2.26. The average molecular weight is 235 g/mol. The molecule has 0 fully saturated rings. The molecule has 0 aromatic heterocycles. The Balaban J connectivity index is 2.04. The van der Waals surface area contributed by atoms with Crippen molar-refractivity contribution >= 4 is 11.5 Å². The second-order valence-electron chi connectivity index (χ2n) is 4.46. The summed E-state index contributed by atoms with van der Waals surface area (Å²) in [6, 6.07) is 16.0. The van der Waals surface area contributed by atoms with E-state index >= 15 is 0 Å². The summed E-state index contributed by atoms with van der Waals surface area (Å²) in [5, 5.41) is 0. The number of rotatable bonds is 2. The van der Waals surface area contributed by atoms with Gasteiger partial charge in [-0.2, -0.15) is 0 Å². The molecule has 2 nitrogen and oxygen atoms in total. The van der Waals surface area contributed by atoms with Crippen LogP contribution in [0.25, 0.3) is 0 Å². The number of hydrogen-bond donors (Lipinski definition) is 0. The van der Waals surface area contributed by atoms with Crippen molar-refractivity contribution in [2.75, 3.05) is 0 Å². The van der Waals surface area contributed by atoms with Crippen molar-refractivity contribution in [2.24, 2.45) is 4.99 Å². The van der Waals surface area contributed by atoms with Gasteiger partial charge in [-0.15, -0.1) is 0 Å². The number of carbonyl (C=O) groups excluding carboxylic acids is 1. The van der Waals surface area contributed by atoms with Crippen molar-refractivity contribution < 1.29 is 4.79 Å². The van der Waals surface area contributed by atoms with Gasteiger partial charge in [0.15, 0.2) is 5.78 Å². The van der Waals surface area contributed by atoms with Crippen LogP contribution in [-0.2, 0) is 6.54 Å². The van der Waals surface area contributed by atoms with E-state index in [1.165, 1.54) is 0 Å². The molecule has 0 amide bonds. The van der Waals surface area contributed by atoms with Crippen LogP contribution >= 0.6 is 0 Å². The molecule has 1 aliphatic heterocycles. The highest BCUT2D eigenvalue weighted by Crippen LogP contribution is 2.24. The molecule has 0 aliphatic carbocycles. The highest BCUT2D eigenvalue weighted by Gasteiger charge is 2.17. The van der Waals surface area contributed by atoms with Gasteiger partial charge in [0.25, 0.3) is 0 Å². The number of aliphatic imine (C=N–C) groups is 1. The second kappa shape index (κ2) is 4.22. The highest BCUT2D eigenvalue weighted by atomic mass is 16.1. The smallest absolute Gasteiger partial charge is 0.159 e. The number of carbonyl (C=O) groups is 1. The lowest BCUT2D eigenvalue weighted by Crippen LogP contribution is -2.02. The second-order valence-corrected chi connectivity index (χ2v) is 4.46. The summed E-state index contributed by atoms with van der Waals surface area (Å²) < 4.78 is 0. The van der Waals surface area contributed by atoms with E-state index in [2.05, 4.69) is 17.1 Å². The van der Waals surface area contributed by atoms with E-state index < -0.39 is 0 Å². The van der Waals surface area contributed by atoms with Crippen LogP contribution < -0.4 is 0 Å². The van der Waals surface area contributed by atoms with Crippen LogP contribution in [-0.4, -0.2) is 11.5 Å². The molecule has 0 N–H and O–H groups in total. The lowest BCUT2D eigenvalue weighted by molar-refractivity contribution is 0.101. The van der Waals surface area contributed by atoms with Gasteiger partial charge in [0, 0.05) is 16.7 Å². The average Bonchev–Trinajstić information content (AvgIpc) is 2.82. The monoisotopic (exact) mass is 235 g/mol. The number of hydrogen-bond acceptors (Lipinski definition) is 2. The Kier molecular flexibility index (Phi) is 2.56. The molecule has 3 rings (SSSR count). The fourth-order valence-corrected chi connectivity index (χ4v) is 2.27. The first-order chi connectivity index (χ1) is 8.75. The molecule has 0 saturated heterocycles. The summed E-state index contributed by atoms with van der Waals surface area (Å²) in [7, 11) is 0. The first-order valence-electron chi connectivity index (χ1n) is 6.00. The standard InChI is InChI=1S/C16H13NO/c1-11(18)13-7-8-15-14(9-13)10-17-16(15)12-5-3-2-4-6-12/h2-9H,10H2,1H3. The summed E-state index contributed by atoms with van der Waals surface area (Å²) in [6.07, 6.45) is 0. The van der Waals surface area contributed by atoms with Gasteiger partial charge in [-0.1, -0.05) is 42.5 Å². The zero-order valence-electron chi connectivity index (χ0n) is 10.2. The van der Waals surface area contributed by atoms with Gasteiger partial charge in [0.05, 0.1) is 12.3 Å². The van der Waals surface area contributed by atoms with Crippen molar-refractivity contribution in [3.8, 4) is 0 Å². The van der Waals surface area contributed by atoms with E-state index in [0.29, 0.717) is 6.54 Å². The van der Waals surface area contributed by atoms with E-state index in [1.54, 1.807) is 6.92 Å². The molecule has 1 heterocycles. The van der Waals surface area contributed by atoms with Crippen LogP contribution in [0.4, 0.5) is 0 Å². The molecular formula is C16H13NO. The normalized spacial score (nSPS) is 13.1. The van der Waals surface area contributed by atoms with Gasteiger partial charge in [-0.25, -0.2) is 0 Å². The molecule has 0 unspecified atom stereocenters. The van der Waals surface area contributed by atoms with Crippen LogP contribution in [0, 0.1) is 0 Å². The first-order valence-corrected chi connectivity index (χ1v) is 6.00. The van der Waals surface area contributed by atoms with Crippen LogP contribution in [0.3, 0.4) is 0 Å². The van der Waals surface area contributed by atoms with Crippen molar-refractivity contribution in [1.29, 1.82) is 0 Å². The summed E-state index contributed by atoms with van der Waals surface area (Å²) in [4.78, 5) is 15.9. The fourth-order valence-electron chi connectivity index (χ4n) is 2.27. The maximum Gasteiger partial charge on any atom is 0.159 e. The van der Waals surface area contributed by atoms with E-state index in [1.807, 2.05) is 36.4 Å². The topological polar surface area (TPSA) is 29.4 Å². The molecule has 1 aliphatic rings. The number of benzene rings is 2. The van der Waals surface area contributed by atoms with Gasteiger partial charge >= 0.3 is 0 Å². The molecule has 0 atom stereocenters. The van der Waals surface area contributed by atoms with Gasteiger partial charge in [0.2, 0.25) is 0 Å². The largest absolute Gasteiger partial charge is 0.295 e. The third-order valence-electron chi connectivity index (χ3n) is 3.22. The minimum absolute atomic E-state index is 0.103. The van der Waals surface area contributed by atoms with Crippen molar-refractivity contribution in [1.82, 2.24) is 0 Å². The first kappa shape index (κ1) is 10.9. The Morgan fingerprint density at radius 2 is 1.89 bits per heavy atom. The highest BCUT2D eigenvalue weighted by molar-refractivity contribution is 6.15. The molecular weight excluding hydrogens is 222 g/mol. The summed E-state index contributed by atoms with van der Waals surface area (Å²) in [5.74, 6) is 0.103. The molecule has 2 aromatic carbocycles. The van der Waals surface area contributed by atoms with Gasteiger partial charge in [-0.05, 0) is 18.6 Å². The van der Waals surface area contributed by atoms with E-state index in [4.69, 9.17) is 0 Å². The van der Waals surface area contributed by atoms with Crippen molar-refractivity contribution in [3.63, 3.8) is 0 Å². The third-order valence-corrected chi connectivity index (χ3v) is 3.22. The molecule has 0 saturated carbocycles. The molecule has 0 spiro atoms. The summed E-state index contributed by atoms with van der Waals surface area (Å²) >= 11 is 0. The molecule has 2 aromatic rings. The lowest BCUT2D eigenvalue weighted by atomic mass is 9.97. The predicted molar refractivity (Wildman–Crippen MR) is 72.2 cm³/mol. The Hall–Kier alpha value is -2.22. The zero-order chi connectivity index (χ0) is 12.5. The van der Waals surface area contributed by atoms with Gasteiger partial charge in [-0.3, -0.25) is 9.79 Å². The Labute approximate surface area is 106 Å². The molecule has 18 heavy (non-hydrogen) atoms. The number of nitrogens with zero attached hydrogens (tertiary/aromatic N) is 1. The Morgan fingerprint density at radius 3 is 2.61 bits per heavy atom. The summed E-state index contributed by atoms with van der Waals surface area (Å²) in [5.41, 5.74) is 5.21. The van der Waals surface area contributed by atoms with Crippen molar-refractivity contribution in [2.45, 2.75) is 13.5 Å². The predicted octanol–water partition coefficient (Wildman–Crippen LogP) is 3.24. The van der Waals surface area contributed by atoms with E-state index in [-0.39, 0.29) is 5.78 Å². The minimum Gasteiger partial charge on any atom is -0.295 e. The number of ketones is 1. The Bertz CT molecular complexity index is 641. The maximum atomic E-state index is 11.4. The lowest BCUT2D eigenvalue weighted by Gasteiger charge is -2.05. The van der Waals surface area contributed by atoms with Gasteiger partial charge < -0.3 is 0 Å². The SMILES string of the molecule is CC(=O)c1ccc2c(c1)CN=C2c1ccccc1.